The first-order valence-electron chi connectivity index (χ1n) is 4.45. The van der Waals surface area contributed by atoms with Crippen LogP contribution in [0.5, 0.6) is 0 Å². The van der Waals surface area contributed by atoms with Crippen LogP contribution in [-0.4, -0.2) is 27.3 Å². The van der Waals surface area contributed by atoms with Crippen LogP contribution in [0, 0.1) is 6.92 Å². The predicted molar refractivity (Wildman–Crippen MR) is 56.7 cm³/mol. The summed E-state index contributed by atoms with van der Waals surface area (Å²) in [7, 11) is 0. The molecule has 1 aliphatic rings. The van der Waals surface area contributed by atoms with Gasteiger partial charge >= 0.3 is 0 Å². The Morgan fingerprint density at radius 3 is 2.87 bits per heavy atom. The third-order valence-electron chi connectivity index (χ3n) is 1.94. The van der Waals surface area contributed by atoms with Crippen LogP contribution in [-0.2, 0) is 9.59 Å². The summed E-state index contributed by atoms with van der Waals surface area (Å²) in [5.74, 6) is -0.408. The van der Waals surface area contributed by atoms with Crippen molar-refractivity contribution in [3.8, 4) is 0 Å². The van der Waals surface area contributed by atoms with Gasteiger partial charge in [0, 0.05) is 6.42 Å². The molecule has 15 heavy (non-hydrogen) atoms. The lowest BCUT2D eigenvalue weighted by atomic mass is 10.1. The Bertz CT molecular complexity index is 404. The molecule has 1 unspecified atom stereocenters. The SMILES string of the molecule is Cc1nnc(SC2CCC(=O)NC2=O)s1. The largest absolute Gasteiger partial charge is 0.295 e. The van der Waals surface area contributed by atoms with E-state index in [2.05, 4.69) is 15.5 Å². The predicted octanol–water partition coefficient (Wildman–Crippen LogP) is 0.744. The maximum absolute atomic E-state index is 11.4. The van der Waals surface area contributed by atoms with Crippen LogP contribution in [0.25, 0.3) is 0 Å². The monoisotopic (exact) mass is 243 g/mol. The van der Waals surface area contributed by atoms with E-state index in [9.17, 15) is 9.59 Å². The van der Waals surface area contributed by atoms with Crippen molar-refractivity contribution < 1.29 is 9.59 Å². The molecular weight excluding hydrogens is 234 g/mol. The molecule has 0 radical (unpaired) electrons. The molecule has 1 atom stereocenters. The average Bonchev–Trinajstić information content (AvgIpc) is 2.56. The van der Waals surface area contributed by atoms with E-state index in [1.54, 1.807) is 0 Å². The van der Waals surface area contributed by atoms with Crippen molar-refractivity contribution in [2.45, 2.75) is 29.4 Å². The van der Waals surface area contributed by atoms with Crippen molar-refractivity contribution in [3.05, 3.63) is 5.01 Å². The molecule has 2 amide bonds. The quantitative estimate of drug-likeness (QED) is 0.776. The van der Waals surface area contributed by atoms with Gasteiger partial charge in [0.25, 0.3) is 0 Å². The van der Waals surface area contributed by atoms with Gasteiger partial charge in [0.15, 0.2) is 4.34 Å². The van der Waals surface area contributed by atoms with Crippen LogP contribution in [0.3, 0.4) is 0 Å². The van der Waals surface area contributed by atoms with E-state index in [-0.39, 0.29) is 17.1 Å². The number of amides is 2. The van der Waals surface area contributed by atoms with Crippen molar-refractivity contribution in [1.29, 1.82) is 0 Å². The standard InChI is InChI=1S/C8H9N3O2S2/c1-4-10-11-8(14-4)15-5-2-3-6(12)9-7(5)13/h5H,2-3H2,1H3,(H,9,12,13). The molecule has 0 spiro atoms. The van der Waals surface area contributed by atoms with Crippen molar-refractivity contribution >= 4 is 34.9 Å². The topological polar surface area (TPSA) is 72.0 Å². The molecule has 0 saturated carbocycles. The molecule has 0 aliphatic carbocycles. The Kier molecular flexibility index (Phi) is 3.01. The number of nitrogens with zero attached hydrogens (tertiary/aromatic N) is 2. The Morgan fingerprint density at radius 2 is 2.27 bits per heavy atom. The van der Waals surface area contributed by atoms with E-state index in [1.807, 2.05) is 6.92 Å². The van der Waals surface area contributed by atoms with Crippen LogP contribution in [0.1, 0.15) is 17.8 Å². The molecule has 0 aromatic carbocycles. The third-order valence-corrected chi connectivity index (χ3v) is 4.13. The number of aryl methyl sites for hydroxylation is 1. The molecule has 1 fully saturated rings. The summed E-state index contributed by atoms with van der Waals surface area (Å²) in [5.41, 5.74) is 0. The first-order valence-corrected chi connectivity index (χ1v) is 6.15. The number of imide groups is 1. The zero-order valence-electron chi connectivity index (χ0n) is 8.02. The zero-order chi connectivity index (χ0) is 10.8. The number of hydrogen-bond donors (Lipinski definition) is 1. The van der Waals surface area contributed by atoms with Gasteiger partial charge in [-0.05, 0) is 13.3 Å². The van der Waals surface area contributed by atoms with Gasteiger partial charge in [-0.25, -0.2) is 0 Å². The molecule has 1 N–H and O–H groups in total. The summed E-state index contributed by atoms with van der Waals surface area (Å²) in [6.45, 7) is 1.87. The minimum Gasteiger partial charge on any atom is -0.295 e. The van der Waals surface area contributed by atoms with Gasteiger partial charge < -0.3 is 0 Å². The number of hydrogen-bond acceptors (Lipinski definition) is 6. The highest BCUT2D eigenvalue weighted by Crippen LogP contribution is 2.30. The van der Waals surface area contributed by atoms with E-state index in [1.165, 1.54) is 23.1 Å². The average molecular weight is 243 g/mol. The molecule has 2 heterocycles. The molecular formula is C8H9N3O2S2. The molecule has 7 heteroatoms. The highest BCUT2D eigenvalue weighted by Gasteiger charge is 2.28. The zero-order valence-corrected chi connectivity index (χ0v) is 9.65. The van der Waals surface area contributed by atoms with E-state index >= 15 is 0 Å². The number of carbonyl (C=O) groups excluding carboxylic acids is 2. The second-order valence-corrected chi connectivity index (χ2v) is 5.78. The first kappa shape index (κ1) is 10.6. The number of piperidine rings is 1. The normalized spacial score (nSPS) is 21.5. The lowest BCUT2D eigenvalue weighted by Gasteiger charge is -2.18. The molecule has 5 nitrogen and oxygen atoms in total. The summed E-state index contributed by atoms with van der Waals surface area (Å²) in [6, 6.07) is 0. The third kappa shape index (κ3) is 2.54. The molecule has 1 aromatic heterocycles. The van der Waals surface area contributed by atoms with E-state index < -0.39 is 0 Å². The van der Waals surface area contributed by atoms with Crippen molar-refractivity contribution in [1.82, 2.24) is 15.5 Å². The van der Waals surface area contributed by atoms with Crippen LogP contribution in [0.2, 0.25) is 0 Å². The van der Waals surface area contributed by atoms with Gasteiger partial charge in [-0.1, -0.05) is 23.1 Å². The van der Waals surface area contributed by atoms with Crippen LogP contribution < -0.4 is 5.32 Å². The van der Waals surface area contributed by atoms with E-state index in [0.717, 1.165) is 9.35 Å². The van der Waals surface area contributed by atoms with Crippen molar-refractivity contribution in [3.63, 3.8) is 0 Å². The molecule has 1 aliphatic heterocycles. The lowest BCUT2D eigenvalue weighted by molar-refractivity contribution is -0.132. The smallest absolute Gasteiger partial charge is 0.240 e. The van der Waals surface area contributed by atoms with Crippen LogP contribution in [0.15, 0.2) is 4.34 Å². The Labute approximate surface area is 94.7 Å². The van der Waals surface area contributed by atoms with E-state index in [0.29, 0.717) is 12.8 Å². The lowest BCUT2D eigenvalue weighted by Crippen LogP contribution is -2.42. The van der Waals surface area contributed by atoms with Crippen molar-refractivity contribution in [2.24, 2.45) is 0 Å². The second kappa shape index (κ2) is 4.28. The number of thioether (sulfide) groups is 1. The Hall–Kier alpha value is -0.950. The summed E-state index contributed by atoms with van der Waals surface area (Å²) < 4.78 is 0.780. The number of rotatable bonds is 2. The Balaban J connectivity index is 2.00. The van der Waals surface area contributed by atoms with Gasteiger partial charge in [-0.2, -0.15) is 0 Å². The summed E-state index contributed by atoms with van der Waals surface area (Å²) in [5, 5.41) is 10.8. The maximum Gasteiger partial charge on any atom is 0.240 e. The second-order valence-electron chi connectivity index (χ2n) is 3.14. The molecule has 80 valence electrons. The van der Waals surface area contributed by atoms with Gasteiger partial charge in [0.2, 0.25) is 11.8 Å². The Morgan fingerprint density at radius 1 is 1.47 bits per heavy atom. The van der Waals surface area contributed by atoms with Gasteiger partial charge in [0.1, 0.15) is 5.01 Å². The minimum absolute atomic E-state index is 0.190. The highest BCUT2D eigenvalue weighted by molar-refractivity contribution is 8.02. The van der Waals surface area contributed by atoms with Gasteiger partial charge in [0.05, 0.1) is 5.25 Å². The maximum atomic E-state index is 11.4. The molecule has 2 rings (SSSR count). The fourth-order valence-corrected chi connectivity index (χ4v) is 3.29. The van der Waals surface area contributed by atoms with E-state index in [4.69, 9.17) is 0 Å². The van der Waals surface area contributed by atoms with Crippen LogP contribution in [0.4, 0.5) is 0 Å². The first-order chi connectivity index (χ1) is 7.15. The summed E-state index contributed by atoms with van der Waals surface area (Å²) >= 11 is 2.84. The number of carbonyl (C=O) groups is 2. The molecule has 1 aromatic rings. The number of nitrogens with one attached hydrogen (secondary N) is 1. The summed E-state index contributed by atoms with van der Waals surface area (Å²) in [4.78, 5) is 22.3. The fraction of sp³-hybridized carbons (Fsp3) is 0.500. The fourth-order valence-electron chi connectivity index (χ4n) is 1.23. The molecule has 0 bridgehead atoms. The van der Waals surface area contributed by atoms with Crippen LogP contribution >= 0.6 is 23.1 Å². The molecule has 1 saturated heterocycles. The van der Waals surface area contributed by atoms with Gasteiger partial charge in [-0.3, -0.25) is 14.9 Å². The van der Waals surface area contributed by atoms with Crippen molar-refractivity contribution in [2.75, 3.05) is 0 Å². The minimum atomic E-state index is -0.218. The summed E-state index contributed by atoms with van der Waals surface area (Å²) in [6.07, 6.45) is 0.981. The number of aromatic nitrogens is 2. The van der Waals surface area contributed by atoms with Gasteiger partial charge in [-0.15, -0.1) is 10.2 Å². The highest BCUT2D eigenvalue weighted by atomic mass is 32.2.